The molecule has 0 radical (unpaired) electrons. The molecule has 1 unspecified atom stereocenters. The van der Waals surface area contributed by atoms with Gasteiger partial charge in [-0.3, -0.25) is 4.99 Å². The molecule has 3 aromatic rings. The lowest BCUT2D eigenvalue weighted by molar-refractivity contribution is 0.232. The van der Waals surface area contributed by atoms with Crippen LogP contribution in [0.3, 0.4) is 0 Å². The van der Waals surface area contributed by atoms with Crippen molar-refractivity contribution in [2.24, 2.45) is 4.99 Å². The number of nitrogens with zero attached hydrogens (tertiary/aromatic N) is 7. The first-order chi connectivity index (χ1) is 14.7. The molecule has 1 atom stereocenters. The maximum Gasteiger partial charge on any atom is 0.214 e. The van der Waals surface area contributed by atoms with Crippen molar-refractivity contribution < 1.29 is 4.74 Å². The van der Waals surface area contributed by atoms with E-state index in [1.165, 1.54) is 0 Å². The van der Waals surface area contributed by atoms with Gasteiger partial charge in [-0.25, -0.2) is 19.6 Å². The molecule has 1 saturated heterocycles. The number of pyridine rings is 2. The number of hydrogen-bond donors (Lipinski definition) is 0. The zero-order valence-electron chi connectivity index (χ0n) is 17.3. The van der Waals surface area contributed by atoms with E-state index < -0.39 is 0 Å². The Labute approximate surface area is 175 Å². The van der Waals surface area contributed by atoms with Gasteiger partial charge in [0.15, 0.2) is 0 Å². The highest BCUT2D eigenvalue weighted by Gasteiger charge is 2.24. The Balaban J connectivity index is 1.40. The predicted octanol–water partition coefficient (Wildman–Crippen LogP) is 3.05. The molecule has 8 nitrogen and oxygen atoms in total. The number of aromatic nitrogens is 5. The summed E-state index contributed by atoms with van der Waals surface area (Å²) in [6.07, 6.45) is 9.43. The van der Waals surface area contributed by atoms with E-state index in [-0.39, 0.29) is 6.10 Å². The van der Waals surface area contributed by atoms with Gasteiger partial charge in [-0.1, -0.05) is 0 Å². The van der Waals surface area contributed by atoms with E-state index >= 15 is 0 Å². The molecule has 0 N–H and O–H groups in total. The fraction of sp³-hybridized carbons (Fsp3) is 0.409. The van der Waals surface area contributed by atoms with Gasteiger partial charge in [0.05, 0.1) is 24.4 Å². The first kappa shape index (κ1) is 18.7. The summed E-state index contributed by atoms with van der Waals surface area (Å²) < 4.78 is 7.74. The Bertz CT molecular complexity index is 1060. The SMILES string of the molecule is CC(C)Oc1cc2c(cn1)CN=C2c1ccnc(N2CCCC(n3cncn3)C2)c1. The molecule has 5 rings (SSSR count). The Morgan fingerprint density at radius 2 is 2.13 bits per heavy atom. The molecular formula is C22H25N7O. The van der Waals surface area contributed by atoms with Crippen LogP contribution in [0.25, 0.3) is 0 Å². The van der Waals surface area contributed by atoms with E-state index in [0.717, 1.165) is 54.2 Å². The summed E-state index contributed by atoms with van der Waals surface area (Å²) in [6.45, 7) is 6.52. The van der Waals surface area contributed by atoms with Crippen molar-refractivity contribution in [3.63, 3.8) is 0 Å². The maximum atomic E-state index is 5.79. The van der Waals surface area contributed by atoms with E-state index in [9.17, 15) is 0 Å². The highest BCUT2D eigenvalue weighted by atomic mass is 16.5. The van der Waals surface area contributed by atoms with E-state index in [1.54, 1.807) is 12.7 Å². The third-order valence-electron chi connectivity index (χ3n) is 5.53. The summed E-state index contributed by atoms with van der Waals surface area (Å²) in [5, 5.41) is 4.32. The normalized spacial score (nSPS) is 18.4. The summed E-state index contributed by atoms with van der Waals surface area (Å²) in [5.74, 6) is 1.61. The molecule has 5 heterocycles. The summed E-state index contributed by atoms with van der Waals surface area (Å²) in [7, 11) is 0. The number of anilines is 1. The van der Waals surface area contributed by atoms with Gasteiger partial charge in [0.1, 0.15) is 18.5 Å². The lowest BCUT2D eigenvalue weighted by atomic mass is 10.0. The molecule has 1 fully saturated rings. The van der Waals surface area contributed by atoms with Crippen molar-refractivity contribution in [2.75, 3.05) is 18.0 Å². The second-order valence-corrected chi connectivity index (χ2v) is 8.03. The fourth-order valence-corrected chi connectivity index (χ4v) is 4.14. The number of piperidine rings is 1. The lowest BCUT2D eigenvalue weighted by Crippen LogP contribution is -2.37. The molecule has 0 saturated carbocycles. The number of ether oxygens (including phenoxy) is 1. The molecule has 0 aliphatic carbocycles. The highest BCUT2D eigenvalue weighted by molar-refractivity contribution is 6.15. The fourth-order valence-electron chi connectivity index (χ4n) is 4.14. The van der Waals surface area contributed by atoms with Crippen LogP contribution in [-0.2, 0) is 6.54 Å². The molecule has 0 spiro atoms. The maximum absolute atomic E-state index is 5.79. The van der Waals surface area contributed by atoms with Gasteiger partial charge in [0.2, 0.25) is 5.88 Å². The molecule has 2 aliphatic rings. The number of hydrogen-bond acceptors (Lipinski definition) is 7. The number of aliphatic imine (C=N–C) groups is 1. The molecule has 0 bridgehead atoms. The van der Waals surface area contributed by atoms with Crippen LogP contribution in [0, 0.1) is 0 Å². The zero-order chi connectivity index (χ0) is 20.5. The molecule has 8 heteroatoms. The Morgan fingerprint density at radius 1 is 1.20 bits per heavy atom. The number of fused-ring (bicyclic) bond motifs is 1. The minimum absolute atomic E-state index is 0.0851. The monoisotopic (exact) mass is 403 g/mol. The van der Waals surface area contributed by atoms with Crippen molar-refractivity contribution in [2.45, 2.75) is 45.4 Å². The first-order valence-corrected chi connectivity index (χ1v) is 10.4. The third kappa shape index (κ3) is 3.65. The Morgan fingerprint density at radius 3 is 2.97 bits per heavy atom. The molecule has 2 aliphatic heterocycles. The van der Waals surface area contributed by atoms with Crippen molar-refractivity contribution in [3.05, 3.63) is 59.9 Å². The van der Waals surface area contributed by atoms with Gasteiger partial charge in [-0.05, 0) is 38.8 Å². The van der Waals surface area contributed by atoms with Crippen LogP contribution < -0.4 is 9.64 Å². The lowest BCUT2D eigenvalue weighted by Gasteiger charge is -2.33. The molecule has 3 aromatic heterocycles. The second-order valence-electron chi connectivity index (χ2n) is 8.03. The van der Waals surface area contributed by atoms with Crippen LogP contribution in [-0.4, -0.2) is 49.6 Å². The van der Waals surface area contributed by atoms with Crippen LogP contribution >= 0.6 is 0 Å². The molecular weight excluding hydrogens is 378 g/mol. The van der Waals surface area contributed by atoms with Crippen molar-refractivity contribution in [1.82, 2.24) is 24.7 Å². The highest BCUT2D eigenvalue weighted by Crippen LogP contribution is 2.29. The molecule has 0 aromatic carbocycles. The van der Waals surface area contributed by atoms with E-state index in [2.05, 4.69) is 31.0 Å². The van der Waals surface area contributed by atoms with E-state index in [0.29, 0.717) is 18.5 Å². The zero-order valence-corrected chi connectivity index (χ0v) is 17.3. The van der Waals surface area contributed by atoms with Gasteiger partial charge in [0, 0.05) is 48.2 Å². The third-order valence-corrected chi connectivity index (χ3v) is 5.53. The first-order valence-electron chi connectivity index (χ1n) is 10.4. The van der Waals surface area contributed by atoms with Crippen LogP contribution in [0.2, 0.25) is 0 Å². The second kappa shape index (κ2) is 7.85. The van der Waals surface area contributed by atoms with Crippen molar-refractivity contribution in [3.8, 4) is 5.88 Å². The van der Waals surface area contributed by atoms with Crippen LogP contribution in [0.1, 0.15) is 49.4 Å². The minimum Gasteiger partial charge on any atom is -0.475 e. The summed E-state index contributed by atoms with van der Waals surface area (Å²) in [6, 6.07) is 6.49. The van der Waals surface area contributed by atoms with Crippen LogP contribution in [0.4, 0.5) is 5.82 Å². The van der Waals surface area contributed by atoms with E-state index in [1.807, 2.05) is 43.1 Å². The number of rotatable bonds is 5. The average Bonchev–Trinajstić information content (AvgIpc) is 3.44. The quantitative estimate of drug-likeness (QED) is 0.651. The average molecular weight is 403 g/mol. The van der Waals surface area contributed by atoms with Gasteiger partial charge in [-0.15, -0.1) is 0 Å². The van der Waals surface area contributed by atoms with Crippen molar-refractivity contribution >= 4 is 11.5 Å². The van der Waals surface area contributed by atoms with Gasteiger partial charge in [-0.2, -0.15) is 5.10 Å². The Hall–Kier alpha value is -3.29. The molecule has 0 amide bonds. The summed E-state index contributed by atoms with van der Waals surface area (Å²) >= 11 is 0. The molecule has 154 valence electrons. The predicted molar refractivity (Wildman–Crippen MR) is 114 cm³/mol. The largest absolute Gasteiger partial charge is 0.475 e. The standard InChI is InChI=1S/C22H25N7O/c1-15(2)30-21-9-19-17(10-25-21)11-26-22(19)16-5-6-24-20(8-16)28-7-3-4-18(12-28)29-14-23-13-27-29/h5-6,8-10,13-15,18H,3-4,7,11-12H2,1-2H3. The van der Waals surface area contributed by atoms with Gasteiger partial charge >= 0.3 is 0 Å². The molecule has 30 heavy (non-hydrogen) atoms. The minimum atomic E-state index is 0.0851. The van der Waals surface area contributed by atoms with Crippen LogP contribution in [0.5, 0.6) is 5.88 Å². The summed E-state index contributed by atoms with van der Waals surface area (Å²) in [5.41, 5.74) is 4.28. The van der Waals surface area contributed by atoms with E-state index in [4.69, 9.17) is 9.73 Å². The van der Waals surface area contributed by atoms with Gasteiger partial charge in [0.25, 0.3) is 0 Å². The smallest absolute Gasteiger partial charge is 0.214 e. The summed E-state index contributed by atoms with van der Waals surface area (Å²) in [4.78, 5) is 20.3. The Kier molecular flexibility index (Phi) is 4.90. The van der Waals surface area contributed by atoms with Crippen LogP contribution in [0.15, 0.2) is 48.2 Å². The van der Waals surface area contributed by atoms with Crippen molar-refractivity contribution in [1.29, 1.82) is 0 Å². The van der Waals surface area contributed by atoms with Gasteiger partial charge < -0.3 is 9.64 Å². The topological polar surface area (TPSA) is 81.3 Å².